The zero-order chi connectivity index (χ0) is 19.5. The number of aromatic amines is 1. The number of carbonyl (C=O) groups excluding carboxylic acids is 2. The molecule has 0 saturated carbocycles. The quantitative estimate of drug-likeness (QED) is 0.642. The smallest absolute Gasteiger partial charge is 0.291 e. The summed E-state index contributed by atoms with van der Waals surface area (Å²) in [6, 6.07) is 12.8. The van der Waals surface area contributed by atoms with Crippen LogP contribution in [0.3, 0.4) is 0 Å². The summed E-state index contributed by atoms with van der Waals surface area (Å²) in [6.45, 7) is 1.92. The highest BCUT2D eigenvalue weighted by Gasteiger charge is 2.32. The van der Waals surface area contributed by atoms with Gasteiger partial charge in [-0.1, -0.05) is 43.3 Å². The molecule has 0 spiro atoms. The summed E-state index contributed by atoms with van der Waals surface area (Å²) < 4.78 is 0. The van der Waals surface area contributed by atoms with Gasteiger partial charge in [-0.15, -0.1) is 5.10 Å². The first kappa shape index (κ1) is 17.8. The van der Waals surface area contributed by atoms with E-state index >= 15 is 0 Å². The number of benzene rings is 1. The lowest BCUT2D eigenvalue weighted by Crippen LogP contribution is -2.47. The van der Waals surface area contributed by atoms with Gasteiger partial charge in [-0.25, -0.2) is 9.97 Å². The number of nitrogens with zero attached hydrogens (tertiary/aromatic N) is 3. The summed E-state index contributed by atoms with van der Waals surface area (Å²) in [5, 5.41) is 12.3. The van der Waals surface area contributed by atoms with E-state index in [9.17, 15) is 9.59 Å². The van der Waals surface area contributed by atoms with Crippen molar-refractivity contribution in [2.45, 2.75) is 25.8 Å². The number of hydrogen-bond donors (Lipinski definition) is 3. The highest BCUT2D eigenvalue weighted by atomic mass is 16.2. The van der Waals surface area contributed by atoms with Crippen LogP contribution in [-0.2, 0) is 17.6 Å². The molecule has 8 heteroatoms. The molecular weight excluding hydrogens is 356 g/mol. The first-order chi connectivity index (χ1) is 13.6. The van der Waals surface area contributed by atoms with Crippen LogP contribution in [0.4, 0.5) is 5.82 Å². The van der Waals surface area contributed by atoms with Crippen molar-refractivity contribution < 1.29 is 9.59 Å². The van der Waals surface area contributed by atoms with Crippen LogP contribution < -0.4 is 10.6 Å². The number of anilines is 1. The third-order valence-corrected chi connectivity index (χ3v) is 4.76. The number of fused-ring (bicyclic) bond motifs is 1. The Balaban J connectivity index is 1.45. The van der Waals surface area contributed by atoms with E-state index in [2.05, 4.69) is 30.8 Å². The summed E-state index contributed by atoms with van der Waals surface area (Å²) in [5.41, 5.74) is 2.01. The first-order valence-corrected chi connectivity index (χ1v) is 9.11. The van der Waals surface area contributed by atoms with E-state index in [1.165, 1.54) is 0 Å². The van der Waals surface area contributed by atoms with Crippen LogP contribution in [0.25, 0.3) is 0 Å². The fraction of sp³-hybridized carbons (Fsp3) is 0.250. The molecule has 1 aromatic carbocycles. The Hall–Kier alpha value is -3.55. The molecule has 0 bridgehead atoms. The Morgan fingerprint density at radius 2 is 2.04 bits per heavy atom. The SMILES string of the molecule is C[C@@H]1Cc2cccnc2NC(=O)[C@@H]1NC(=O)c1n[nH]c(Cc2ccccc2)n1. The average molecular weight is 376 g/mol. The van der Waals surface area contributed by atoms with Gasteiger partial charge in [0.25, 0.3) is 5.91 Å². The van der Waals surface area contributed by atoms with Crippen molar-refractivity contribution in [3.05, 3.63) is 71.4 Å². The van der Waals surface area contributed by atoms with E-state index in [1.54, 1.807) is 6.20 Å². The minimum atomic E-state index is -0.697. The molecule has 4 rings (SSSR count). The van der Waals surface area contributed by atoms with Gasteiger partial charge in [0.2, 0.25) is 11.7 Å². The highest BCUT2D eigenvalue weighted by molar-refractivity contribution is 6.00. The molecule has 3 heterocycles. The van der Waals surface area contributed by atoms with Gasteiger partial charge in [-0.3, -0.25) is 14.7 Å². The Kier molecular flexibility index (Phi) is 4.84. The van der Waals surface area contributed by atoms with Crippen molar-refractivity contribution in [2.24, 2.45) is 5.92 Å². The summed E-state index contributed by atoms with van der Waals surface area (Å²) in [6.07, 6.45) is 2.80. The number of nitrogens with one attached hydrogen (secondary N) is 3. The van der Waals surface area contributed by atoms with Crippen LogP contribution >= 0.6 is 0 Å². The Labute approximate surface area is 161 Å². The summed E-state index contributed by atoms with van der Waals surface area (Å²) in [5.74, 6) is 0.272. The van der Waals surface area contributed by atoms with Gasteiger partial charge in [-0.2, -0.15) is 0 Å². The number of rotatable bonds is 4. The summed E-state index contributed by atoms with van der Waals surface area (Å²) in [7, 11) is 0. The zero-order valence-corrected chi connectivity index (χ0v) is 15.3. The first-order valence-electron chi connectivity index (χ1n) is 9.11. The molecule has 28 heavy (non-hydrogen) atoms. The topological polar surface area (TPSA) is 113 Å². The van der Waals surface area contributed by atoms with E-state index in [4.69, 9.17) is 0 Å². The van der Waals surface area contributed by atoms with Crippen molar-refractivity contribution in [1.82, 2.24) is 25.5 Å². The number of carbonyl (C=O) groups is 2. The molecule has 0 saturated heterocycles. The number of aromatic nitrogens is 4. The molecule has 8 nitrogen and oxygen atoms in total. The molecule has 0 aliphatic carbocycles. The molecule has 0 unspecified atom stereocenters. The maximum absolute atomic E-state index is 12.6. The zero-order valence-electron chi connectivity index (χ0n) is 15.3. The van der Waals surface area contributed by atoms with Gasteiger partial charge in [0.15, 0.2) is 0 Å². The highest BCUT2D eigenvalue weighted by Crippen LogP contribution is 2.23. The molecule has 1 aliphatic heterocycles. The number of hydrogen-bond acceptors (Lipinski definition) is 5. The lowest BCUT2D eigenvalue weighted by atomic mass is 9.95. The predicted octanol–water partition coefficient (Wildman–Crippen LogP) is 1.72. The Morgan fingerprint density at radius 3 is 2.86 bits per heavy atom. The molecule has 2 aromatic heterocycles. The fourth-order valence-corrected chi connectivity index (χ4v) is 3.31. The van der Waals surface area contributed by atoms with Crippen LogP contribution in [-0.4, -0.2) is 38.0 Å². The summed E-state index contributed by atoms with van der Waals surface area (Å²) in [4.78, 5) is 33.7. The second kappa shape index (κ2) is 7.59. The van der Waals surface area contributed by atoms with Crippen molar-refractivity contribution in [1.29, 1.82) is 0 Å². The maximum Gasteiger partial charge on any atom is 0.291 e. The van der Waals surface area contributed by atoms with E-state index in [1.807, 2.05) is 49.4 Å². The molecule has 2 atom stereocenters. The third kappa shape index (κ3) is 3.75. The van der Waals surface area contributed by atoms with E-state index in [-0.39, 0.29) is 17.6 Å². The summed E-state index contributed by atoms with van der Waals surface area (Å²) >= 11 is 0. The maximum atomic E-state index is 12.6. The molecule has 0 radical (unpaired) electrons. The van der Waals surface area contributed by atoms with Crippen LogP contribution in [0, 0.1) is 5.92 Å². The fourth-order valence-electron chi connectivity index (χ4n) is 3.31. The molecule has 0 fully saturated rings. The van der Waals surface area contributed by atoms with Crippen LogP contribution in [0.15, 0.2) is 48.7 Å². The van der Waals surface area contributed by atoms with Crippen molar-refractivity contribution in [3.63, 3.8) is 0 Å². The van der Waals surface area contributed by atoms with Crippen LogP contribution in [0.5, 0.6) is 0 Å². The van der Waals surface area contributed by atoms with Gasteiger partial charge in [-0.05, 0) is 29.5 Å². The van der Waals surface area contributed by atoms with Gasteiger partial charge in [0.05, 0.1) is 0 Å². The molecule has 1 aliphatic rings. The van der Waals surface area contributed by atoms with Crippen molar-refractivity contribution >= 4 is 17.6 Å². The molecule has 3 aromatic rings. The monoisotopic (exact) mass is 376 g/mol. The van der Waals surface area contributed by atoms with Crippen molar-refractivity contribution in [2.75, 3.05) is 5.32 Å². The molecule has 2 amide bonds. The normalized spacial score (nSPS) is 18.7. The second-order valence-corrected chi connectivity index (χ2v) is 6.90. The standard InChI is InChI=1S/C20H20N6O2/c1-12-10-14-8-5-9-21-17(14)24-19(27)16(12)23-20(28)18-22-15(25-26-18)11-13-6-3-2-4-7-13/h2-9,12,16H,10-11H2,1H3,(H,23,28)(H,21,24,27)(H,22,25,26)/t12-,16-/m1/s1. The Morgan fingerprint density at radius 1 is 1.21 bits per heavy atom. The Bertz CT molecular complexity index is 1000. The minimum Gasteiger partial charge on any atom is -0.337 e. The van der Waals surface area contributed by atoms with Crippen LogP contribution in [0.2, 0.25) is 0 Å². The molecule has 142 valence electrons. The predicted molar refractivity (Wildman–Crippen MR) is 103 cm³/mol. The van der Waals surface area contributed by atoms with Gasteiger partial charge >= 0.3 is 0 Å². The average Bonchev–Trinajstić information content (AvgIpc) is 3.12. The molecular formula is C20H20N6O2. The van der Waals surface area contributed by atoms with Gasteiger partial charge in [0, 0.05) is 12.6 Å². The second-order valence-electron chi connectivity index (χ2n) is 6.90. The third-order valence-electron chi connectivity index (χ3n) is 4.76. The number of pyridine rings is 1. The van der Waals surface area contributed by atoms with Gasteiger partial charge < -0.3 is 10.6 Å². The van der Waals surface area contributed by atoms with Crippen molar-refractivity contribution in [3.8, 4) is 0 Å². The largest absolute Gasteiger partial charge is 0.337 e. The van der Waals surface area contributed by atoms with E-state index in [0.29, 0.717) is 24.5 Å². The minimum absolute atomic E-state index is 0.0193. The molecule has 3 N–H and O–H groups in total. The van der Waals surface area contributed by atoms with E-state index in [0.717, 1.165) is 11.1 Å². The lowest BCUT2D eigenvalue weighted by Gasteiger charge is -2.20. The van der Waals surface area contributed by atoms with Gasteiger partial charge in [0.1, 0.15) is 17.7 Å². The number of H-pyrrole nitrogens is 1. The number of amides is 2. The lowest BCUT2D eigenvalue weighted by molar-refractivity contribution is -0.118. The van der Waals surface area contributed by atoms with Crippen LogP contribution in [0.1, 0.15) is 34.5 Å². The van der Waals surface area contributed by atoms with E-state index < -0.39 is 11.9 Å².